The Kier molecular flexibility index (Phi) is 6.07. The maximum atomic E-state index is 14.2. The number of nitrogen functional groups attached to an aromatic ring is 1. The van der Waals surface area contributed by atoms with Gasteiger partial charge in [0.2, 0.25) is 0 Å². The number of hydrogen-bond donors (Lipinski definition) is 1. The van der Waals surface area contributed by atoms with Gasteiger partial charge in [0.15, 0.2) is 6.10 Å². The van der Waals surface area contributed by atoms with Crippen LogP contribution in [-0.2, 0) is 9.57 Å². The van der Waals surface area contributed by atoms with Gasteiger partial charge in [-0.1, -0.05) is 5.16 Å². The van der Waals surface area contributed by atoms with E-state index in [9.17, 15) is 13.6 Å². The zero-order chi connectivity index (χ0) is 23.0. The van der Waals surface area contributed by atoms with E-state index in [4.69, 9.17) is 20.3 Å². The van der Waals surface area contributed by atoms with Gasteiger partial charge >= 0.3 is 6.09 Å². The Hall–Kier alpha value is -2.75. The van der Waals surface area contributed by atoms with Gasteiger partial charge in [-0.3, -0.25) is 0 Å². The van der Waals surface area contributed by atoms with E-state index in [0.29, 0.717) is 24.5 Å². The van der Waals surface area contributed by atoms with Crippen LogP contribution in [-0.4, -0.2) is 40.4 Å². The molecule has 2 aliphatic rings. The summed E-state index contributed by atoms with van der Waals surface area (Å²) in [6.07, 6.45) is 0.659. The van der Waals surface area contributed by atoms with Crippen molar-refractivity contribution in [3.05, 3.63) is 45.4 Å². The highest BCUT2D eigenvalue weighted by Gasteiger charge is 2.32. The first-order valence-electron chi connectivity index (χ1n) is 10.5. The maximum Gasteiger partial charge on any atom is 0.410 e. The van der Waals surface area contributed by atoms with E-state index in [1.807, 2.05) is 26.2 Å². The molecule has 32 heavy (non-hydrogen) atoms. The number of halogens is 2. The lowest BCUT2D eigenvalue weighted by molar-refractivity contribution is 0.0204. The minimum Gasteiger partial charge on any atom is -0.444 e. The molecule has 3 heterocycles. The molecule has 2 aromatic rings. The highest BCUT2D eigenvalue weighted by atomic mass is 32.1. The van der Waals surface area contributed by atoms with Gasteiger partial charge in [-0.25, -0.2) is 18.6 Å². The molecule has 0 aliphatic carbocycles. The number of anilines is 1. The molecule has 0 radical (unpaired) electrons. The van der Waals surface area contributed by atoms with Gasteiger partial charge in [-0.05, 0) is 45.7 Å². The molecule has 1 atom stereocenters. The Morgan fingerprint density at radius 1 is 1.25 bits per heavy atom. The summed E-state index contributed by atoms with van der Waals surface area (Å²) < 4.78 is 33.9. The van der Waals surface area contributed by atoms with Gasteiger partial charge < -0.3 is 20.2 Å². The topological polar surface area (TPSA) is 90.0 Å². The number of benzene rings is 1. The van der Waals surface area contributed by atoms with Crippen LogP contribution in [0.1, 0.15) is 68.3 Å². The number of thiazole rings is 1. The van der Waals surface area contributed by atoms with Crippen LogP contribution in [0, 0.1) is 11.6 Å². The fraction of sp³-hybridized carbons (Fsp3) is 0.500. The van der Waals surface area contributed by atoms with E-state index in [-0.39, 0.29) is 29.7 Å². The van der Waals surface area contributed by atoms with E-state index < -0.39 is 23.3 Å². The van der Waals surface area contributed by atoms with Crippen molar-refractivity contribution in [2.45, 2.75) is 57.7 Å². The summed E-state index contributed by atoms with van der Waals surface area (Å²) in [5, 5.41) is 6.87. The average molecular weight is 465 g/mol. The Bertz CT molecular complexity index is 1020. The summed E-state index contributed by atoms with van der Waals surface area (Å²) >= 11 is 1.52. The normalized spacial score (nSPS) is 19.6. The molecule has 172 valence electrons. The minimum atomic E-state index is -0.854. The molecule has 10 heteroatoms. The molecule has 1 aromatic heterocycles. The molecular weight excluding hydrogens is 438 g/mol. The summed E-state index contributed by atoms with van der Waals surface area (Å²) in [5.41, 5.74) is 6.02. The summed E-state index contributed by atoms with van der Waals surface area (Å²) in [5.74, 6) is -1.27. The first-order valence-corrected chi connectivity index (χ1v) is 11.4. The maximum absolute atomic E-state index is 14.2. The molecule has 0 spiro atoms. The average Bonchev–Trinajstić information content (AvgIpc) is 3.36. The smallest absolute Gasteiger partial charge is 0.410 e. The molecule has 1 saturated heterocycles. The number of carbonyl (C=O) groups is 1. The van der Waals surface area contributed by atoms with Crippen molar-refractivity contribution < 1.29 is 23.1 Å². The van der Waals surface area contributed by atoms with Crippen LogP contribution >= 0.6 is 11.3 Å². The summed E-state index contributed by atoms with van der Waals surface area (Å²) in [6, 6.07) is 2.15. The third kappa shape index (κ3) is 4.85. The van der Waals surface area contributed by atoms with Crippen LogP contribution in [0.5, 0.6) is 0 Å². The van der Waals surface area contributed by atoms with Gasteiger partial charge in [0, 0.05) is 36.5 Å². The van der Waals surface area contributed by atoms with Gasteiger partial charge in [0.1, 0.15) is 22.9 Å². The molecule has 2 aliphatic heterocycles. The lowest BCUT2D eigenvalue weighted by Gasteiger charge is -2.32. The summed E-state index contributed by atoms with van der Waals surface area (Å²) in [6.45, 7) is 6.77. The van der Waals surface area contributed by atoms with Crippen molar-refractivity contribution in [3.8, 4) is 0 Å². The number of aromatic nitrogens is 1. The molecule has 1 amide bonds. The van der Waals surface area contributed by atoms with Crippen molar-refractivity contribution in [3.63, 3.8) is 0 Å². The zero-order valence-corrected chi connectivity index (χ0v) is 19.0. The van der Waals surface area contributed by atoms with Gasteiger partial charge in [0.25, 0.3) is 0 Å². The number of carbonyl (C=O) groups excluding carboxylic acids is 1. The second kappa shape index (κ2) is 8.65. The fourth-order valence-electron chi connectivity index (χ4n) is 3.84. The van der Waals surface area contributed by atoms with Gasteiger partial charge in [-0.2, -0.15) is 0 Å². The first-order chi connectivity index (χ1) is 15.1. The number of oxime groups is 1. The second-order valence-electron chi connectivity index (χ2n) is 9.05. The van der Waals surface area contributed by atoms with Crippen LogP contribution < -0.4 is 5.73 Å². The van der Waals surface area contributed by atoms with Crippen LogP contribution in [0.25, 0.3) is 0 Å². The SMILES string of the molecule is CC(C)(C)OC(=O)N1CCC(c2nc(C3=NOC(c4c(F)cc(N)cc4F)C3)cs2)CC1. The van der Waals surface area contributed by atoms with E-state index >= 15 is 0 Å². The minimum absolute atomic E-state index is 0.0183. The van der Waals surface area contributed by atoms with Gasteiger partial charge in [0.05, 0.1) is 16.3 Å². The van der Waals surface area contributed by atoms with E-state index in [0.717, 1.165) is 30.0 Å². The number of nitrogens with zero attached hydrogens (tertiary/aromatic N) is 3. The van der Waals surface area contributed by atoms with Crippen molar-refractivity contribution >= 4 is 28.8 Å². The molecule has 4 rings (SSSR count). The summed E-state index contributed by atoms with van der Waals surface area (Å²) in [4.78, 5) is 24.0. The standard InChI is InChI=1S/C22H26F2N4O3S/c1-22(2,3)30-21(29)28-6-4-12(5-7-28)20-26-17(11-32-20)16-10-18(31-27-16)19-14(23)8-13(25)9-15(19)24/h8-9,11-12,18H,4-7,10,25H2,1-3H3. The molecule has 1 unspecified atom stereocenters. The van der Waals surface area contributed by atoms with Crippen molar-refractivity contribution in [2.24, 2.45) is 5.16 Å². The van der Waals surface area contributed by atoms with Crippen LogP contribution in [0.2, 0.25) is 0 Å². The van der Waals surface area contributed by atoms with E-state index in [1.165, 1.54) is 11.3 Å². The number of ether oxygens (including phenoxy) is 1. The largest absolute Gasteiger partial charge is 0.444 e. The molecule has 2 N–H and O–H groups in total. The van der Waals surface area contributed by atoms with E-state index in [2.05, 4.69) is 5.16 Å². The Labute approximate surface area is 189 Å². The first kappa shape index (κ1) is 22.4. The lowest BCUT2D eigenvalue weighted by atomic mass is 9.97. The molecule has 7 nitrogen and oxygen atoms in total. The number of likely N-dealkylation sites (tertiary alicyclic amines) is 1. The molecule has 1 fully saturated rings. The Morgan fingerprint density at radius 2 is 1.91 bits per heavy atom. The summed E-state index contributed by atoms with van der Waals surface area (Å²) in [7, 11) is 0. The predicted molar refractivity (Wildman–Crippen MR) is 118 cm³/mol. The number of amides is 1. The molecular formula is C22H26F2N4O3S. The van der Waals surface area contributed by atoms with Gasteiger partial charge in [-0.15, -0.1) is 11.3 Å². The third-order valence-corrected chi connectivity index (χ3v) is 6.41. The zero-order valence-electron chi connectivity index (χ0n) is 18.2. The van der Waals surface area contributed by atoms with Crippen molar-refractivity contribution in [1.29, 1.82) is 0 Å². The van der Waals surface area contributed by atoms with Crippen LogP contribution in [0.4, 0.5) is 19.3 Å². The highest BCUT2D eigenvalue weighted by molar-refractivity contribution is 7.10. The number of piperidine rings is 1. The number of hydrogen-bond acceptors (Lipinski definition) is 7. The predicted octanol–water partition coefficient (Wildman–Crippen LogP) is 4.98. The number of nitrogens with two attached hydrogens (primary N) is 1. The quantitative estimate of drug-likeness (QED) is 0.647. The Balaban J connectivity index is 1.37. The third-order valence-electron chi connectivity index (χ3n) is 5.41. The van der Waals surface area contributed by atoms with Crippen LogP contribution in [0.3, 0.4) is 0 Å². The van der Waals surface area contributed by atoms with Crippen molar-refractivity contribution in [1.82, 2.24) is 9.88 Å². The highest BCUT2D eigenvalue weighted by Crippen LogP contribution is 2.36. The molecule has 0 saturated carbocycles. The fourth-order valence-corrected chi connectivity index (χ4v) is 4.84. The lowest BCUT2D eigenvalue weighted by Crippen LogP contribution is -2.41. The number of rotatable bonds is 3. The molecule has 0 bridgehead atoms. The van der Waals surface area contributed by atoms with Crippen LogP contribution in [0.15, 0.2) is 22.7 Å². The van der Waals surface area contributed by atoms with Crippen molar-refractivity contribution in [2.75, 3.05) is 18.8 Å². The second-order valence-corrected chi connectivity index (χ2v) is 9.94. The Morgan fingerprint density at radius 3 is 2.53 bits per heavy atom. The van der Waals surface area contributed by atoms with E-state index in [1.54, 1.807) is 4.90 Å². The monoisotopic (exact) mass is 464 g/mol. The molecule has 1 aromatic carbocycles.